The minimum absolute atomic E-state index is 0.000367. The molecule has 0 radical (unpaired) electrons. The molecule has 2 aromatic carbocycles. The van der Waals surface area contributed by atoms with Crippen LogP contribution in [0.2, 0.25) is 0 Å². The van der Waals surface area contributed by atoms with E-state index in [2.05, 4.69) is 5.32 Å². The first kappa shape index (κ1) is 20.9. The van der Waals surface area contributed by atoms with Crippen LogP contribution in [0.25, 0.3) is 0 Å². The van der Waals surface area contributed by atoms with Crippen LogP contribution < -0.4 is 5.32 Å². The van der Waals surface area contributed by atoms with Gasteiger partial charge >= 0.3 is 5.97 Å². The van der Waals surface area contributed by atoms with E-state index >= 15 is 0 Å². The zero-order valence-electron chi connectivity index (χ0n) is 15.9. The molecule has 1 N–H and O–H groups in total. The summed E-state index contributed by atoms with van der Waals surface area (Å²) >= 11 is 0. The summed E-state index contributed by atoms with van der Waals surface area (Å²) in [5, 5.41) is 2.50. The fourth-order valence-electron chi connectivity index (χ4n) is 2.94. The van der Waals surface area contributed by atoms with Gasteiger partial charge in [0.1, 0.15) is 5.82 Å². The Kier molecular flexibility index (Phi) is 6.29. The van der Waals surface area contributed by atoms with Gasteiger partial charge in [0.05, 0.1) is 10.5 Å². The van der Waals surface area contributed by atoms with Crippen molar-refractivity contribution in [2.45, 2.75) is 24.7 Å². The first-order chi connectivity index (χ1) is 13.8. The summed E-state index contributed by atoms with van der Waals surface area (Å²) in [6, 6.07) is 9.79. The zero-order valence-corrected chi connectivity index (χ0v) is 16.7. The number of amides is 1. The van der Waals surface area contributed by atoms with Gasteiger partial charge in [-0.15, -0.1) is 0 Å². The average molecular weight is 420 g/mol. The fourth-order valence-corrected chi connectivity index (χ4v) is 4.51. The predicted octanol–water partition coefficient (Wildman–Crippen LogP) is 2.71. The average Bonchev–Trinajstić information content (AvgIpc) is 3.24. The van der Waals surface area contributed by atoms with E-state index in [9.17, 15) is 22.4 Å². The number of sulfonamides is 1. The molecule has 1 amide bonds. The molecule has 7 nitrogen and oxygen atoms in total. The van der Waals surface area contributed by atoms with Crippen molar-refractivity contribution in [1.29, 1.82) is 0 Å². The highest BCUT2D eigenvalue weighted by atomic mass is 32.2. The molecule has 9 heteroatoms. The largest absolute Gasteiger partial charge is 0.452 e. The second kappa shape index (κ2) is 8.71. The highest BCUT2D eigenvalue weighted by Gasteiger charge is 2.27. The number of hydrogen-bond acceptors (Lipinski definition) is 5. The number of anilines is 1. The first-order valence-electron chi connectivity index (χ1n) is 9.11. The van der Waals surface area contributed by atoms with Crippen molar-refractivity contribution in [3.05, 3.63) is 59.4 Å². The van der Waals surface area contributed by atoms with Gasteiger partial charge in [-0.1, -0.05) is 12.1 Å². The first-order valence-corrected chi connectivity index (χ1v) is 10.5. The summed E-state index contributed by atoms with van der Waals surface area (Å²) in [5.74, 6) is -2.01. The molecule has 1 aliphatic heterocycles. The van der Waals surface area contributed by atoms with Gasteiger partial charge in [-0.2, -0.15) is 4.31 Å². The van der Waals surface area contributed by atoms with Crippen molar-refractivity contribution in [2.75, 3.05) is 25.0 Å². The quantitative estimate of drug-likeness (QED) is 0.726. The van der Waals surface area contributed by atoms with E-state index < -0.39 is 34.3 Å². The van der Waals surface area contributed by atoms with Crippen LogP contribution in [0.1, 0.15) is 28.8 Å². The van der Waals surface area contributed by atoms with Gasteiger partial charge in [-0.05, 0) is 55.7 Å². The zero-order chi connectivity index (χ0) is 21.0. The number of ether oxygens (including phenoxy) is 1. The number of rotatable bonds is 6. The SMILES string of the molecule is Cc1ccc(C(=O)OCC(=O)Nc2cccc(S(=O)(=O)N3CCCC3)c2)cc1F. The van der Waals surface area contributed by atoms with E-state index in [0.717, 1.165) is 18.9 Å². The van der Waals surface area contributed by atoms with Crippen molar-refractivity contribution < 1.29 is 27.1 Å². The van der Waals surface area contributed by atoms with Gasteiger partial charge in [0.2, 0.25) is 10.0 Å². The van der Waals surface area contributed by atoms with Gasteiger partial charge < -0.3 is 10.1 Å². The Morgan fingerprint density at radius 3 is 2.55 bits per heavy atom. The number of carbonyl (C=O) groups excluding carboxylic acids is 2. The van der Waals surface area contributed by atoms with Gasteiger partial charge in [0, 0.05) is 18.8 Å². The lowest BCUT2D eigenvalue weighted by Gasteiger charge is -2.16. The van der Waals surface area contributed by atoms with Crippen LogP contribution in [0, 0.1) is 12.7 Å². The number of hydrogen-bond donors (Lipinski definition) is 1. The Labute approximate surface area is 168 Å². The molecule has 154 valence electrons. The van der Waals surface area contributed by atoms with Crippen LogP contribution in [0.4, 0.5) is 10.1 Å². The Bertz CT molecular complexity index is 1030. The third-order valence-electron chi connectivity index (χ3n) is 4.56. The van der Waals surface area contributed by atoms with E-state index in [1.807, 2.05) is 0 Å². The van der Waals surface area contributed by atoms with Crippen LogP contribution in [0.15, 0.2) is 47.4 Å². The topological polar surface area (TPSA) is 92.8 Å². The van der Waals surface area contributed by atoms with Crippen molar-refractivity contribution in [2.24, 2.45) is 0 Å². The molecular weight excluding hydrogens is 399 g/mol. The molecular formula is C20H21FN2O5S. The molecule has 1 aliphatic rings. The summed E-state index contributed by atoms with van der Waals surface area (Å²) in [6.07, 6.45) is 1.65. The van der Waals surface area contributed by atoms with Crippen LogP contribution >= 0.6 is 0 Å². The smallest absolute Gasteiger partial charge is 0.338 e. The highest BCUT2D eigenvalue weighted by Crippen LogP contribution is 2.23. The number of nitrogens with one attached hydrogen (secondary N) is 1. The maximum Gasteiger partial charge on any atom is 0.338 e. The molecule has 3 rings (SSSR count). The van der Waals surface area contributed by atoms with Crippen LogP contribution in [0.5, 0.6) is 0 Å². The third-order valence-corrected chi connectivity index (χ3v) is 6.46. The lowest BCUT2D eigenvalue weighted by Crippen LogP contribution is -2.28. The number of aryl methyl sites for hydroxylation is 1. The molecule has 0 aliphatic carbocycles. The minimum Gasteiger partial charge on any atom is -0.452 e. The second-order valence-corrected chi connectivity index (χ2v) is 8.67. The second-order valence-electron chi connectivity index (χ2n) is 6.73. The van der Waals surface area contributed by atoms with Gasteiger partial charge in [0.25, 0.3) is 5.91 Å². The lowest BCUT2D eigenvalue weighted by molar-refractivity contribution is -0.119. The summed E-state index contributed by atoms with van der Waals surface area (Å²) in [5.41, 5.74) is 0.662. The molecule has 29 heavy (non-hydrogen) atoms. The van der Waals surface area contributed by atoms with Crippen molar-refractivity contribution in [3.8, 4) is 0 Å². The molecule has 0 saturated carbocycles. The predicted molar refractivity (Wildman–Crippen MR) is 104 cm³/mol. The Balaban J connectivity index is 1.60. The van der Waals surface area contributed by atoms with Gasteiger partial charge in [-0.25, -0.2) is 17.6 Å². The Morgan fingerprint density at radius 1 is 1.14 bits per heavy atom. The van der Waals surface area contributed by atoms with E-state index in [-0.39, 0.29) is 16.1 Å². The fraction of sp³-hybridized carbons (Fsp3) is 0.300. The number of benzene rings is 2. The standard InChI is InChI=1S/C20H21FN2O5S/c1-14-7-8-15(11-18(14)21)20(25)28-13-19(24)22-16-5-4-6-17(12-16)29(26,27)23-9-2-3-10-23/h4-8,11-12H,2-3,9-10,13H2,1H3,(H,22,24). The van der Waals surface area contributed by atoms with Gasteiger partial charge in [0.15, 0.2) is 6.61 Å². The molecule has 1 heterocycles. The van der Waals surface area contributed by atoms with E-state index in [1.54, 1.807) is 6.92 Å². The van der Waals surface area contributed by atoms with Crippen molar-refractivity contribution in [3.63, 3.8) is 0 Å². The summed E-state index contributed by atoms with van der Waals surface area (Å²) < 4.78 is 45.1. The normalized spacial score (nSPS) is 14.6. The number of carbonyl (C=O) groups is 2. The molecule has 1 fully saturated rings. The summed E-state index contributed by atoms with van der Waals surface area (Å²) in [4.78, 5) is 24.1. The van der Waals surface area contributed by atoms with Crippen molar-refractivity contribution in [1.82, 2.24) is 4.31 Å². The summed E-state index contributed by atoms with van der Waals surface area (Å²) in [6.45, 7) is 1.94. The molecule has 0 aromatic heterocycles. The number of halogens is 1. The maximum absolute atomic E-state index is 13.5. The Morgan fingerprint density at radius 2 is 1.86 bits per heavy atom. The van der Waals surface area contributed by atoms with Crippen LogP contribution in [-0.4, -0.2) is 44.3 Å². The van der Waals surface area contributed by atoms with Crippen LogP contribution in [0.3, 0.4) is 0 Å². The third kappa shape index (κ3) is 4.99. The van der Waals surface area contributed by atoms with Gasteiger partial charge in [-0.3, -0.25) is 4.79 Å². The highest BCUT2D eigenvalue weighted by molar-refractivity contribution is 7.89. The lowest BCUT2D eigenvalue weighted by atomic mass is 10.1. The van der Waals surface area contributed by atoms with Crippen LogP contribution in [-0.2, 0) is 19.6 Å². The van der Waals surface area contributed by atoms with E-state index in [1.165, 1.54) is 40.7 Å². The maximum atomic E-state index is 13.5. The van der Waals surface area contributed by atoms with Crippen molar-refractivity contribution >= 4 is 27.6 Å². The monoisotopic (exact) mass is 420 g/mol. The molecule has 0 spiro atoms. The van der Waals surface area contributed by atoms with E-state index in [0.29, 0.717) is 18.7 Å². The van der Waals surface area contributed by atoms with E-state index in [4.69, 9.17) is 4.74 Å². The molecule has 0 atom stereocenters. The summed E-state index contributed by atoms with van der Waals surface area (Å²) in [7, 11) is -3.61. The number of nitrogens with zero attached hydrogens (tertiary/aromatic N) is 1. The number of esters is 1. The molecule has 1 saturated heterocycles. The molecule has 0 bridgehead atoms. The Hall–Kier alpha value is -2.78. The molecule has 2 aromatic rings. The minimum atomic E-state index is -3.61. The molecule has 0 unspecified atom stereocenters.